The molecule has 0 unspecified atom stereocenters. The maximum absolute atomic E-state index is 14.0. The van der Waals surface area contributed by atoms with Crippen LogP contribution in [0, 0.1) is 19.7 Å². The molecule has 1 aliphatic rings. The lowest BCUT2D eigenvalue weighted by Gasteiger charge is -2.12. The normalized spacial score (nSPS) is 12.1. The summed E-state index contributed by atoms with van der Waals surface area (Å²) in [6.07, 6.45) is 0.768. The predicted molar refractivity (Wildman–Crippen MR) is 143 cm³/mol. The van der Waals surface area contributed by atoms with E-state index in [1.54, 1.807) is 4.68 Å². The van der Waals surface area contributed by atoms with Crippen LogP contribution < -0.4 is 21.1 Å². The molecule has 2 heterocycles. The Kier molecular flexibility index (Phi) is 6.59. The van der Waals surface area contributed by atoms with Crippen LogP contribution in [-0.4, -0.2) is 28.7 Å². The van der Waals surface area contributed by atoms with Gasteiger partial charge in [0.2, 0.25) is 0 Å². The number of hydrogen-bond donors (Lipinski definition) is 3. The highest BCUT2D eigenvalue weighted by Crippen LogP contribution is 2.35. The molecule has 0 saturated carbocycles. The van der Waals surface area contributed by atoms with Gasteiger partial charge in [-0.05, 0) is 61.2 Å². The first-order valence-corrected chi connectivity index (χ1v) is 12.2. The van der Waals surface area contributed by atoms with Crippen molar-refractivity contribution in [3.63, 3.8) is 0 Å². The zero-order valence-corrected chi connectivity index (χ0v) is 21.4. The summed E-state index contributed by atoms with van der Waals surface area (Å²) in [6.45, 7) is 4.79. The number of fused-ring (bicyclic) bond motifs is 2. The van der Waals surface area contributed by atoms with Crippen molar-refractivity contribution in [2.45, 2.75) is 33.4 Å². The standard InChI is InChI=1S/C29H28FN5O3/c1-16-7-10-23-18(13-16)11-12-35-28(33-23)24(27(31)36)25(34-35)19-8-9-20(17(2)14-19)15-32-29(37)21-5-4-6-22(30)26(21)38-3/h4-10,13-14,33H,11-12,15H2,1-3H3,(H2,31,36)(H,32,37). The third-order valence-corrected chi connectivity index (χ3v) is 6.78. The number of nitrogens with one attached hydrogen (secondary N) is 2. The van der Waals surface area contributed by atoms with Gasteiger partial charge in [0.05, 0.1) is 12.7 Å². The van der Waals surface area contributed by atoms with Crippen LogP contribution in [0.2, 0.25) is 0 Å². The number of methoxy groups -OCH3 is 1. The summed E-state index contributed by atoms with van der Waals surface area (Å²) < 4.78 is 20.8. The summed E-state index contributed by atoms with van der Waals surface area (Å²) in [7, 11) is 1.32. The lowest BCUT2D eigenvalue weighted by molar-refractivity contribution is 0.0945. The smallest absolute Gasteiger partial charge is 0.255 e. The molecule has 9 heteroatoms. The lowest BCUT2D eigenvalue weighted by atomic mass is 10.0. The van der Waals surface area contributed by atoms with Crippen LogP contribution in [-0.2, 0) is 19.5 Å². The second-order valence-corrected chi connectivity index (χ2v) is 9.34. The van der Waals surface area contributed by atoms with Gasteiger partial charge in [0.1, 0.15) is 17.1 Å². The van der Waals surface area contributed by atoms with Crippen molar-refractivity contribution < 1.29 is 18.7 Å². The number of rotatable bonds is 6. The molecule has 0 radical (unpaired) electrons. The number of carbonyl (C=O) groups excluding carboxylic acids is 2. The minimum absolute atomic E-state index is 0.0954. The molecule has 8 nitrogen and oxygen atoms in total. The Hall–Kier alpha value is -4.66. The Labute approximate surface area is 219 Å². The van der Waals surface area contributed by atoms with E-state index in [1.165, 1.54) is 30.9 Å². The van der Waals surface area contributed by atoms with Crippen LogP contribution in [0.25, 0.3) is 11.3 Å². The first-order chi connectivity index (χ1) is 18.3. The van der Waals surface area contributed by atoms with Crippen LogP contribution in [0.15, 0.2) is 54.6 Å². The van der Waals surface area contributed by atoms with Crippen molar-refractivity contribution in [2.75, 3.05) is 12.4 Å². The van der Waals surface area contributed by atoms with E-state index in [2.05, 4.69) is 16.7 Å². The Balaban J connectivity index is 1.41. The van der Waals surface area contributed by atoms with E-state index in [0.29, 0.717) is 23.6 Å². The zero-order chi connectivity index (χ0) is 27.0. The fourth-order valence-corrected chi connectivity index (χ4v) is 4.80. The third kappa shape index (κ3) is 4.58. The van der Waals surface area contributed by atoms with E-state index in [0.717, 1.165) is 34.4 Å². The number of ether oxygens (including phenoxy) is 1. The fraction of sp³-hybridized carbons (Fsp3) is 0.207. The first kappa shape index (κ1) is 25.0. The van der Waals surface area contributed by atoms with E-state index in [-0.39, 0.29) is 17.9 Å². The highest BCUT2D eigenvalue weighted by molar-refractivity contribution is 6.04. The maximum Gasteiger partial charge on any atom is 0.255 e. The van der Waals surface area contributed by atoms with Gasteiger partial charge in [-0.3, -0.25) is 9.59 Å². The first-order valence-electron chi connectivity index (χ1n) is 12.2. The molecule has 2 amide bonds. The second kappa shape index (κ2) is 10.0. The van der Waals surface area contributed by atoms with Gasteiger partial charge >= 0.3 is 0 Å². The highest BCUT2D eigenvalue weighted by atomic mass is 19.1. The van der Waals surface area contributed by atoms with Crippen LogP contribution in [0.3, 0.4) is 0 Å². The van der Waals surface area contributed by atoms with Gasteiger partial charge in [0, 0.05) is 24.3 Å². The average molecular weight is 514 g/mol. The summed E-state index contributed by atoms with van der Waals surface area (Å²) in [5.41, 5.74) is 12.5. The van der Waals surface area contributed by atoms with Crippen LogP contribution in [0.4, 0.5) is 15.9 Å². The summed E-state index contributed by atoms with van der Waals surface area (Å²) in [5.74, 6) is -1.13. The summed E-state index contributed by atoms with van der Waals surface area (Å²) >= 11 is 0. The number of aromatic nitrogens is 2. The molecular weight excluding hydrogens is 485 g/mol. The number of halogens is 1. The van der Waals surface area contributed by atoms with E-state index in [1.807, 2.05) is 44.2 Å². The highest BCUT2D eigenvalue weighted by Gasteiger charge is 2.26. The van der Waals surface area contributed by atoms with Gasteiger partial charge < -0.3 is 21.1 Å². The Morgan fingerprint density at radius 3 is 2.71 bits per heavy atom. The minimum atomic E-state index is -0.600. The van der Waals surface area contributed by atoms with Gasteiger partial charge in [-0.25, -0.2) is 9.07 Å². The number of primary amides is 1. The molecule has 0 aliphatic carbocycles. The molecular formula is C29H28FN5O3. The molecule has 194 valence electrons. The van der Waals surface area contributed by atoms with Crippen LogP contribution >= 0.6 is 0 Å². The topological polar surface area (TPSA) is 111 Å². The second-order valence-electron chi connectivity index (χ2n) is 9.34. The molecule has 0 bridgehead atoms. The number of anilines is 2. The molecule has 38 heavy (non-hydrogen) atoms. The SMILES string of the molecule is COc1c(F)cccc1C(=O)NCc1ccc(-c2nn3c(c2C(N)=O)Nc2ccc(C)cc2CC3)cc1C. The molecule has 0 fully saturated rings. The van der Waals surface area contributed by atoms with Gasteiger partial charge in [-0.2, -0.15) is 5.10 Å². The number of benzene rings is 3. The van der Waals surface area contributed by atoms with Crippen molar-refractivity contribution in [3.05, 3.63) is 93.8 Å². The number of para-hydroxylation sites is 1. The zero-order valence-electron chi connectivity index (χ0n) is 21.4. The number of nitrogens with two attached hydrogens (primary N) is 1. The maximum atomic E-state index is 14.0. The molecule has 4 aromatic rings. The monoisotopic (exact) mass is 513 g/mol. The van der Waals surface area contributed by atoms with Crippen LogP contribution in [0.1, 0.15) is 43.0 Å². The molecule has 5 rings (SSSR count). The van der Waals surface area contributed by atoms with Gasteiger partial charge in [-0.15, -0.1) is 0 Å². The van der Waals surface area contributed by atoms with Gasteiger partial charge in [0.25, 0.3) is 11.8 Å². The minimum Gasteiger partial charge on any atom is -0.493 e. The largest absolute Gasteiger partial charge is 0.493 e. The Bertz CT molecular complexity index is 1580. The predicted octanol–water partition coefficient (Wildman–Crippen LogP) is 4.64. The molecule has 1 aliphatic heterocycles. The van der Waals surface area contributed by atoms with Crippen LogP contribution in [0.5, 0.6) is 5.75 Å². The molecule has 4 N–H and O–H groups in total. The van der Waals surface area contributed by atoms with E-state index < -0.39 is 17.6 Å². The molecule has 0 saturated heterocycles. The van der Waals surface area contributed by atoms with E-state index >= 15 is 0 Å². The number of hydrogen-bond acceptors (Lipinski definition) is 5. The summed E-state index contributed by atoms with van der Waals surface area (Å²) in [4.78, 5) is 25.3. The molecule has 3 aromatic carbocycles. The number of aryl methyl sites for hydroxylation is 4. The van der Waals surface area contributed by atoms with Crippen molar-refractivity contribution in [1.82, 2.24) is 15.1 Å². The fourth-order valence-electron chi connectivity index (χ4n) is 4.80. The number of carbonyl (C=O) groups is 2. The van der Waals surface area contributed by atoms with E-state index in [4.69, 9.17) is 15.6 Å². The third-order valence-electron chi connectivity index (χ3n) is 6.78. The summed E-state index contributed by atoms with van der Waals surface area (Å²) in [5, 5.41) is 10.9. The number of amides is 2. The summed E-state index contributed by atoms with van der Waals surface area (Å²) in [6, 6.07) is 16.0. The Morgan fingerprint density at radius 1 is 1.16 bits per heavy atom. The van der Waals surface area contributed by atoms with Crippen molar-refractivity contribution in [3.8, 4) is 17.0 Å². The molecule has 0 spiro atoms. The van der Waals surface area contributed by atoms with Crippen molar-refractivity contribution >= 4 is 23.3 Å². The van der Waals surface area contributed by atoms with Crippen molar-refractivity contribution in [1.29, 1.82) is 0 Å². The average Bonchev–Trinajstić information content (AvgIpc) is 3.16. The molecule has 1 aromatic heterocycles. The molecule has 0 atom stereocenters. The number of nitrogens with zero attached hydrogens (tertiary/aromatic N) is 2. The van der Waals surface area contributed by atoms with Crippen molar-refractivity contribution in [2.24, 2.45) is 5.73 Å². The van der Waals surface area contributed by atoms with Gasteiger partial charge in [0.15, 0.2) is 11.6 Å². The quantitative estimate of drug-likeness (QED) is 0.348. The lowest BCUT2D eigenvalue weighted by Crippen LogP contribution is -2.24. The van der Waals surface area contributed by atoms with E-state index in [9.17, 15) is 14.0 Å². The van der Waals surface area contributed by atoms with Gasteiger partial charge in [-0.1, -0.05) is 35.9 Å². The Morgan fingerprint density at radius 2 is 1.97 bits per heavy atom.